The van der Waals surface area contributed by atoms with Gasteiger partial charge in [0.2, 0.25) is 0 Å². The van der Waals surface area contributed by atoms with Gasteiger partial charge in [-0.1, -0.05) is 6.07 Å². The molecule has 0 spiro atoms. The van der Waals surface area contributed by atoms with Gasteiger partial charge in [-0.25, -0.2) is 0 Å². The molecule has 2 heterocycles. The first kappa shape index (κ1) is 21.6. The summed E-state index contributed by atoms with van der Waals surface area (Å²) < 4.78 is 1.45. The van der Waals surface area contributed by atoms with Gasteiger partial charge in [0.25, 0.3) is 11.5 Å². The van der Waals surface area contributed by atoms with Crippen LogP contribution in [0.3, 0.4) is 0 Å². The van der Waals surface area contributed by atoms with Crippen LogP contribution in [0.4, 0.5) is 11.5 Å². The van der Waals surface area contributed by atoms with Crippen molar-refractivity contribution in [3.05, 3.63) is 81.6 Å². The third kappa shape index (κ3) is 4.37. The summed E-state index contributed by atoms with van der Waals surface area (Å²) in [6, 6.07) is 16.9. The molecule has 7 nitrogen and oxygen atoms in total. The highest BCUT2D eigenvalue weighted by atomic mass is 16.2. The van der Waals surface area contributed by atoms with Crippen molar-refractivity contribution in [2.24, 2.45) is 0 Å². The number of aromatic nitrogens is 2. The molecule has 0 atom stereocenters. The second kappa shape index (κ2) is 8.86. The van der Waals surface area contributed by atoms with Crippen LogP contribution in [-0.4, -0.2) is 60.9 Å². The Bertz CT molecular complexity index is 1180. The molecular formula is C25H29N5O2. The van der Waals surface area contributed by atoms with Crippen LogP contribution in [0, 0.1) is 13.8 Å². The molecule has 0 bridgehead atoms. The maximum atomic E-state index is 12.9. The fraction of sp³-hybridized carbons (Fsp3) is 0.320. The van der Waals surface area contributed by atoms with Crippen molar-refractivity contribution in [1.82, 2.24) is 14.7 Å². The van der Waals surface area contributed by atoms with Crippen molar-refractivity contribution >= 4 is 17.4 Å². The summed E-state index contributed by atoms with van der Waals surface area (Å²) in [4.78, 5) is 31.3. The van der Waals surface area contributed by atoms with Crippen LogP contribution in [0.15, 0.2) is 59.4 Å². The van der Waals surface area contributed by atoms with Crippen LogP contribution < -0.4 is 15.4 Å². The highest BCUT2D eigenvalue weighted by molar-refractivity contribution is 5.94. The number of carbonyl (C=O) groups is 1. The second-order valence-corrected chi connectivity index (χ2v) is 8.43. The second-order valence-electron chi connectivity index (χ2n) is 8.43. The molecule has 0 radical (unpaired) electrons. The first-order valence-electron chi connectivity index (χ1n) is 10.8. The number of nitrogens with zero attached hydrogens (tertiary/aromatic N) is 5. The van der Waals surface area contributed by atoms with Crippen molar-refractivity contribution < 1.29 is 4.79 Å². The molecule has 0 aliphatic carbocycles. The lowest BCUT2D eigenvalue weighted by Crippen LogP contribution is -2.49. The Balaban J connectivity index is 1.46. The van der Waals surface area contributed by atoms with E-state index >= 15 is 0 Å². The third-order valence-corrected chi connectivity index (χ3v) is 6.04. The van der Waals surface area contributed by atoms with Crippen LogP contribution in [0.5, 0.6) is 0 Å². The van der Waals surface area contributed by atoms with E-state index in [9.17, 15) is 9.59 Å². The van der Waals surface area contributed by atoms with Crippen LogP contribution in [-0.2, 0) is 0 Å². The first-order chi connectivity index (χ1) is 15.3. The van der Waals surface area contributed by atoms with Gasteiger partial charge in [-0.2, -0.15) is 4.68 Å². The zero-order valence-corrected chi connectivity index (χ0v) is 19.1. The molecule has 1 amide bonds. The lowest BCUT2D eigenvalue weighted by Gasteiger charge is -2.35. The summed E-state index contributed by atoms with van der Waals surface area (Å²) >= 11 is 0. The third-order valence-electron chi connectivity index (χ3n) is 6.04. The number of piperazine rings is 1. The van der Waals surface area contributed by atoms with Crippen LogP contribution >= 0.6 is 0 Å². The van der Waals surface area contributed by atoms with Crippen LogP contribution in [0.2, 0.25) is 0 Å². The SMILES string of the molecule is Cc1ccc(-n2nc(N3CCN(C(=O)c4ccc(N(C)C)cc4)CC3)ccc2=O)cc1C. The fourth-order valence-electron chi connectivity index (χ4n) is 3.84. The highest BCUT2D eigenvalue weighted by Gasteiger charge is 2.23. The zero-order valence-electron chi connectivity index (χ0n) is 19.1. The van der Waals surface area contributed by atoms with Gasteiger partial charge in [-0.3, -0.25) is 9.59 Å². The Morgan fingerprint density at radius 1 is 0.875 bits per heavy atom. The minimum Gasteiger partial charge on any atom is -0.378 e. The average molecular weight is 432 g/mol. The van der Waals surface area contributed by atoms with Crippen molar-refractivity contribution in [3.63, 3.8) is 0 Å². The molecule has 32 heavy (non-hydrogen) atoms. The fourth-order valence-corrected chi connectivity index (χ4v) is 3.84. The molecule has 1 aliphatic rings. The molecule has 7 heteroatoms. The first-order valence-corrected chi connectivity index (χ1v) is 10.8. The maximum Gasteiger partial charge on any atom is 0.271 e. The zero-order chi connectivity index (χ0) is 22.8. The summed E-state index contributed by atoms with van der Waals surface area (Å²) in [6.07, 6.45) is 0. The van der Waals surface area contributed by atoms with Crippen molar-refractivity contribution in [2.75, 3.05) is 50.1 Å². The molecule has 2 aromatic carbocycles. The lowest BCUT2D eigenvalue weighted by atomic mass is 10.1. The normalized spacial score (nSPS) is 13.9. The molecule has 1 saturated heterocycles. The lowest BCUT2D eigenvalue weighted by molar-refractivity contribution is 0.0746. The molecule has 0 N–H and O–H groups in total. The van der Waals surface area contributed by atoms with E-state index in [1.807, 2.05) is 80.2 Å². The van der Waals surface area contributed by atoms with Gasteiger partial charge in [0.15, 0.2) is 0 Å². The smallest absolute Gasteiger partial charge is 0.271 e. The average Bonchev–Trinajstić information content (AvgIpc) is 2.81. The van der Waals surface area contributed by atoms with E-state index < -0.39 is 0 Å². The number of hydrogen-bond acceptors (Lipinski definition) is 5. The summed E-state index contributed by atoms with van der Waals surface area (Å²) in [5, 5.41) is 4.61. The van der Waals surface area contributed by atoms with Crippen molar-refractivity contribution in [2.45, 2.75) is 13.8 Å². The van der Waals surface area contributed by atoms with E-state index in [1.54, 1.807) is 12.1 Å². The van der Waals surface area contributed by atoms with Crippen molar-refractivity contribution in [1.29, 1.82) is 0 Å². The van der Waals surface area contributed by atoms with E-state index in [0.29, 0.717) is 31.7 Å². The standard InChI is InChI=1S/C25H29N5O2/c1-18-5-8-22(17-19(18)2)30-24(31)12-11-23(26-30)28-13-15-29(16-14-28)25(32)20-6-9-21(10-7-20)27(3)4/h5-12,17H,13-16H2,1-4H3. The topological polar surface area (TPSA) is 61.7 Å². The largest absolute Gasteiger partial charge is 0.378 e. The molecule has 1 fully saturated rings. The van der Waals surface area contributed by atoms with Crippen molar-refractivity contribution in [3.8, 4) is 5.69 Å². The van der Waals surface area contributed by atoms with Crippen LogP contribution in [0.25, 0.3) is 5.69 Å². The van der Waals surface area contributed by atoms with Gasteiger partial charge >= 0.3 is 0 Å². The summed E-state index contributed by atoms with van der Waals surface area (Å²) in [5.41, 5.74) is 4.66. The Kier molecular flexibility index (Phi) is 5.99. The van der Waals surface area contributed by atoms with E-state index in [0.717, 1.165) is 22.8 Å². The minimum atomic E-state index is -0.160. The number of rotatable bonds is 4. The molecule has 166 valence electrons. The van der Waals surface area contributed by atoms with Gasteiger partial charge in [0, 0.05) is 57.6 Å². The number of benzene rings is 2. The summed E-state index contributed by atoms with van der Waals surface area (Å²) in [7, 11) is 3.96. The van der Waals surface area contributed by atoms with E-state index in [4.69, 9.17) is 0 Å². The van der Waals surface area contributed by atoms with E-state index in [1.165, 1.54) is 10.2 Å². The van der Waals surface area contributed by atoms with E-state index in [2.05, 4.69) is 10.00 Å². The molecule has 1 aromatic heterocycles. The molecule has 1 aliphatic heterocycles. The van der Waals surface area contributed by atoms with Gasteiger partial charge in [-0.05, 0) is 67.4 Å². The summed E-state index contributed by atoms with van der Waals surface area (Å²) in [6.45, 7) is 6.62. The molecule has 0 unspecified atom stereocenters. The Morgan fingerprint density at radius 3 is 2.19 bits per heavy atom. The number of hydrogen-bond donors (Lipinski definition) is 0. The minimum absolute atomic E-state index is 0.0445. The summed E-state index contributed by atoms with van der Waals surface area (Å²) in [5.74, 6) is 0.785. The number of anilines is 2. The quantitative estimate of drug-likeness (QED) is 0.636. The Labute approximate surface area is 188 Å². The molecular weight excluding hydrogens is 402 g/mol. The predicted octanol–water partition coefficient (Wildman–Crippen LogP) is 2.88. The molecule has 4 rings (SSSR count). The van der Waals surface area contributed by atoms with Gasteiger partial charge in [0.05, 0.1) is 5.69 Å². The Hall–Kier alpha value is -3.61. The van der Waals surface area contributed by atoms with Gasteiger partial charge < -0.3 is 14.7 Å². The Morgan fingerprint density at radius 2 is 1.56 bits per heavy atom. The number of carbonyl (C=O) groups excluding carboxylic acids is 1. The van der Waals surface area contributed by atoms with Crippen LogP contribution in [0.1, 0.15) is 21.5 Å². The van der Waals surface area contributed by atoms with Gasteiger partial charge in [0.1, 0.15) is 5.82 Å². The number of aryl methyl sites for hydroxylation is 2. The monoisotopic (exact) mass is 431 g/mol. The molecule has 3 aromatic rings. The van der Waals surface area contributed by atoms with Gasteiger partial charge in [-0.15, -0.1) is 5.10 Å². The molecule has 0 saturated carbocycles. The maximum absolute atomic E-state index is 12.9. The number of amides is 1. The van der Waals surface area contributed by atoms with E-state index in [-0.39, 0.29) is 11.5 Å². The predicted molar refractivity (Wildman–Crippen MR) is 128 cm³/mol. The highest BCUT2D eigenvalue weighted by Crippen LogP contribution is 2.18.